The quantitative estimate of drug-likeness (QED) is 0.0195. The third-order valence-corrected chi connectivity index (χ3v) is 18.6. The van der Waals surface area contributed by atoms with Crippen molar-refractivity contribution in [3.8, 4) is 0 Å². The molecule has 1 heterocycles. The van der Waals surface area contributed by atoms with Crippen molar-refractivity contribution in [3.63, 3.8) is 0 Å². The first-order valence-corrected chi connectivity index (χ1v) is 39.4. The first-order chi connectivity index (χ1) is 44.7. The highest BCUT2D eigenvalue weighted by Crippen LogP contribution is 2.24. The SMILES string of the molecule is CCC/C=C\C/C=C\CCCCCCCC(=O)OCCCCCCCCCCCCCCCCCCCC/C=C\CCCCCCCCCCCCCCCCCCCC(=O)NC(COC1OC(CO)C(O)C(O)C1O)C(O)/C=C/CCCCCCCCCCC. The molecule has 0 bridgehead atoms. The van der Waals surface area contributed by atoms with Crippen molar-refractivity contribution < 1.29 is 49.3 Å². The largest absolute Gasteiger partial charge is 0.466 e. The number of carbonyl (C=O) groups is 2. The molecule has 1 aliphatic rings. The second-order valence-corrected chi connectivity index (χ2v) is 27.4. The van der Waals surface area contributed by atoms with Crippen LogP contribution in [-0.4, -0.2) is 100 Å². The van der Waals surface area contributed by atoms with Gasteiger partial charge in [0.2, 0.25) is 5.91 Å². The zero-order valence-electron chi connectivity index (χ0n) is 59.6. The van der Waals surface area contributed by atoms with E-state index in [2.05, 4.69) is 55.6 Å². The average Bonchev–Trinajstić information content (AvgIpc) is 1.26. The Hall–Kier alpha value is -2.38. The number of unbranched alkanes of at least 4 members (excludes halogenated alkanes) is 50. The molecule has 0 saturated carbocycles. The molecule has 0 spiro atoms. The summed E-state index contributed by atoms with van der Waals surface area (Å²) in [5.74, 6) is -0.175. The molecule has 0 aliphatic carbocycles. The summed E-state index contributed by atoms with van der Waals surface area (Å²) in [5.41, 5.74) is 0. The van der Waals surface area contributed by atoms with Crippen LogP contribution in [0.4, 0.5) is 0 Å². The highest BCUT2D eigenvalue weighted by molar-refractivity contribution is 5.76. The standard InChI is InChI=1S/C80H149NO10/c1-3-5-7-9-11-13-15-43-48-52-56-60-64-68-76(85)89-69-65-61-57-53-49-45-42-40-38-36-34-32-30-28-26-24-22-20-18-16-17-19-21-23-25-27-29-31-33-35-37-39-41-44-47-51-55-59-63-67-75(84)81-72(71-90-80-79(88)78(87)77(86)74(70-82)91-80)73(83)66-62-58-54-50-46-14-12-10-8-6-4-2/h7,9,13,15-17,62,66,72-74,77-80,82-83,86-88H,3-6,8,10-12,14,18-61,63-65,67-71H2,1-2H3,(H,81,84)/b9-7-,15-13-,17-16-,66-62+. The molecule has 0 aromatic carbocycles. The van der Waals surface area contributed by atoms with Crippen LogP contribution < -0.4 is 5.32 Å². The summed E-state index contributed by atoms with van der Waals surface area (Å²) >= 11 is 0. The number of aliphatic hydroxyl groups excluding tert-OH is 5. The summed E-state index contributed by atoms with van der Waals surface area (Å²) in [5, 5.41) is 54.5. The molecule has 91 heavy (non-hydrogen) atoms. The zero-order valence-corrected chi connectivity index (χ0v) is 59.6. The Bertz CT molecular complexity index is 1650. The number of amides is 1. The molecule has 1 rings (SSSR count). The van der Waals surface area contributed by atoms with Gasteiger partial charge in [-0.3, -0.25) is 9.59 Å². The van der Waals surface area contributed by atoms with Crippen LogP contribution in [0, 0.1) is 0 Å². The number of nitrogens with one attached hydrogen (secondary N) is 1. The van der Waals surface area contributed by atoms with E-state index in [0.717, 1.165) is 64.2 Å². The minimum absolute atomic E-state index is 0.00149. The van der Waals surface area contributed by atoms with Crippen LogP contribution in [0.3, 0.4) is 0 Å². The fourth-order valence-electron chi connectivity index (χ4n) is 12.5. The van der Waals surface area contributed by atoms with Crippen LogP contribution in [0.25, 0.3) is 0 Å². The number of allylic oxidation sites excluding steroid dienone is 7. The number of rotatable bonds is 70. The van der Waals surface area contributed by atoms with E-state index in [1.165, 1.54) is 295 Å². The van der Waals surface area contributed by atoms with E-state index in [-0.39, 0.29) is 18.5 Å². The molecule has 0 radical (unpaired) electrons. The number of esters is 1. The minimum Gasteiger partial charge on any atom is -0.466 e. The highest BCUT2D eigenvalue weighted by Gasteiger charge is 2.44. The summed E-state index contributed by atoms with van der Waals surface area (Å²) in [4.78, 5) is 25.1. The van der Waals surface area contributed by atoms with E-state index in [0.29, 0.717) is 19.4 Å². The van der Waals surface area contributed by atoms with Crippen LogP contribution in [-0.2, 0) is 23.8 Å². The number of carbonyl (C=O) groups excluding carboxylic acids is 2. The molecule has 11 heteroatoms. The molecule has 1 saturated heterocycles. The molecule has 7 atom stereocenters. The van der Waals surface area contributed by atoms with Crippen molar-refractivity contribution in [3.05, 3.63) is 48.6 Å². The lowest BCUT2D eigenvalue weighted by molar-refractivity contribution is -0.302. The molecular weight excluding hydrogens is 1130 g/mol. The van der Waals surface area contributed by atoms with Gasteiger partial charge in [-0.1, -0.05) is 339 Å². The first-order valence-electron chi connectivity index (χ1n) is 39.4. The van der Waals surface area contributed by atoms with Gasteiger partial charge in [0.1, 0.15) is 24.4 Å². The van der Waals surface area contributed by atoms with Crippen molar-refractivity contribution in [1.82, 2.24) is 5.32 Å². The van der Waals surface area contributed by atoms with Gasteiger partial charge in [-0.05, 0) is 83.5 Å². The number of hydrogen-bond donors (Lipinski definition) is 6. The van der Waals surface area contributed by atoms with Gasteiger partial charge in [0, 0.05) is 12.8 Å². The minimum atomic E-state index is -1.57. The fourth-order valence-corrected chi connectivity index (χ4v) is 12.5. The van der Waals surface area contributed by atoms with Gasteiger partial charge in [-0.2, -0.15) is 0 Å². The summed E-state index contributed by atoms with van der Waals surface area (Å²) in [6, 6.07) is -0.806. The number of hydrogen-bond acceptors (Lipinski definition) is 10. The molecule has 1 fully saturated rings. The first kappa shape index (κ1) is 86.6. The molecule has 6 N–H and O–H groups in total. The normalized spacial score (nSPS) is 17.8. The van der Waals surface area contributed by atoms with Gasteiger partial charge in [0.05, 0.1) is 32.0 Å². The summed E-state index contributed by atoms with van der Waals surface area (Å²) < 4.78 is 16.7. The van der Waals surface area contributed by atoms with Crippen LogP contribution in [0.1, 0.15) is 386 Å². The highest BCUT2D eigenvalue weighted by atomic mass is 16.7. The number of ether oxygens (including phenoxy) is 3. The summed E-state index contributed by atoms with van der Waals surface area (Å²) in [7, 11) is 0. The van der Waals surface area contributed by atoms with E-state index in [1.54, 1.807) is 6.08 Å². The smallest absolute Gasteiger partial charge is 0.305 e. The van der Waals surface area contributed by atoms with Crippen LogP contribution in [0.2, 0.25) is 0 Å². The predicted molar refractivity (Wildman–Crippen MR) is 384 cm³/mol. The van der Waals surface area contributed by atoms with Gasteiger partial charge >= 0.3 is 5.97 Å². The second kappa shape index (κ2) is 69.0. The second-order valence-electron chi connectivity index (χ2n) is 27.4. The summed E-state index contributed by atoms with van der Waals surface area (Å²) in [6.45, 7) is 4.31. The lowest BCUT2D eigenvalue weighted by Gasteiger charge is -2.40. The van der Waals surface area contributed by atoms with Gasteiger partial charge in [-0.25, -0.2) is 0 Å². The van der Waals surface area contributed by atoms with Crippen LogP contribution in [0.5, 0.6) is 0 Å². The van der Waals surface area contributed by atoms with Crippen molar-refractivity contribution in [2.45, 2.75) is 429 Å². The van der Waals surface area contributed by atoms with Crippen molar-refractivity contribution >= 4 is 11.9 Å². The Morgan fingerprint density at radius 2 is 0.758 bits per heavy atom. The molecule has 1 aliphatic heterocycles. The van der Waals surface area contributed by atoms with Crippen LogP contribution >= 0.6 is 0 Å². The fraction of sp³-hybridized carbons (Fsp3) is 0.875. The molecule has 0 aromatic heterocycles. The maximum absolute atomic E-state index is 13.1. The molecule has 11 nitrogen and oxygen atoms in total. The Kier molecular flexibility index (Phi) is 65.7. The lowest BCUT2D eigenvalue weighted by atomic mass is 9.99. The molecular formula is C80H149NO10. The average molecular weight is 1290 g/mol. The number of aliphatic hydroxyl groups is 5. The topological polar surface area (TPSA) is 175 Å². The van der Waals surface area contributed by atoms with E-state index in [9.17, 15) is 35.1 Å². The maximum atomic E-state index is 13.1. The summed E-state index contributed by atoms with van der Waals surface area (Å²) in [6.07, 6.45) is 81.5. The third kappa shape index (κ3) is 57.6. The van der Waals surface area contributed by atoms with Gasteiger partial charge in [-0.15, -0.1) is 0 Å². The Labute approximate surface area is 561 Å². The van der Waals surface area contributed by atoms with E-state index < -0.39 is 49.5 Å². The van der Waals surface area contributed by atoms with E-state index in [1.807, 2.05) is 6.08 Å². The van der Waals surface area contributed by atoms with E-state index >= 15 is 0 Å². The van der Waals surface area contributed by atoms with Crippen molar-refractivity contribution in [2.75, 3.05) is 19.8 Å². The van der Waals surface area contributed by atoms with Gasteiger partial charge in [0.25, 0.3) is 0 Å². The Morgan fingerprint density at radius 3 is 1.16 bits per heavy atom. The van der Waals surface area contributed by atoms with Crippen LogP contribution in [0.15, 0.2) is 48.6 Å². The predicted octanol–water partition coefficient (Wildman–Crippen LogP) is 21.1. The van der Waals surface area contributed by atoms with Crippen molar-refractivity contribution in [2.24, 2.45) is 0 Å². The lowest BCUT2D eigenvalue weighted by Crippen LogP contribution is -2.60. The third-order valence-electron chi connectivity index (χ3n) is 18.6. The monoisotopic (exact) mass is 1280 g/mol. The van der Waals surface area contributed by atoms with Gasteiger partial charge in [0.15, 0.2) is 6.29 Å². The zero-order chi connectivity index (χ0) is 65.8. The molecule has 0 aromatic rings. The Morgan fingerprint density at radius 1 is 0.407 bits per heavy atom. The van der Waals surface area contributed by atoms with Crippen molar-refractivity contribution in [1.29, 1.82) is 0 Å². The van der Waals surface area contributed by atoms with Gasteiger partial charge < -0.3 is 45.1 Å². The Balaban J connectivity index is 1.88. The molecule has 1 amide bonds. The maximum Gasteiger partial charge on any atom is 0.305 e. The van der Waals surface area contributed by atoms with E-state index in [4.69, 9.17) is 14.2 Å². The molecule has 534 valence electrons. The molecule has 7 unspecified atom stereocenters.